The second-order valence-corrected chi connectivity index (χ2v) is 17.1. The molecule has 0 aromatic carbocycles. The topological polar surface area (TPSA) is 145 Å². The van der Waals surface area contributed by atoms with Crippen molar-refractivity contribution in [1.29, 1.82) is 0 Å². The molecule has 10 atom stereocenters. The molecule has 10 nitrogen and oxygen atoms in total. The summed E-state index contributed by atoms with van der Waals surface area (Å²) < 4.78 is 21.7. The van der Waals surface area contributed by atoms with Crippen molar-refractivity contribution in [3.05, 3.63) is 28.0 Å². The van der Waals surface area contributed by atoms with Crippen LogP contribution in [0.25, 0.3) is 0 Å². The van der Waals surface area contributed by atoms with Crippen molar-refractivity contribution in [2.75, 3.05) is 6.61 Å². The summed E-state index contributed by atoms with van der Waals surface area (Å²) in [7, 11) is 0. The lowest BCUT2D eigenvalue weighted by atomic mass is 9.34. The molecule has 260 valence electrons. The fourth-order valence-electron chi connectivity index (χ4n) is 11.5. The van der Waals surface area contributed by atoms with Crippen molar-refractivity contribution in [1.82, 2.24) is 5.32 Å². The lowest BCUT2D eigenvalue weighted by molar-refractivity contribution is -0.197. The molecule has 5 aliphatic carbocycles. The molecule has 1 unspecified atom stereocenters. The van der Waals surface area contributed by atoms with E-state index < -0.39 is 34.3 Å². The summed E-state index contributed by atoms with van der Waals surface area (Å²) in [6.07, 6.45) is 8.75. The molecule has 5 aliphatic rings. The summed E-state index contributed by atoms with van der Waals surface area (Å²) in [5, 5.41) is 13.4. The predicted molar refractivity (Wildman–Crippen MR) is 173 cm³/mol. The molecule has 6 rings (SSSR count). The van der Waals surface area contributed by atoms with Crippen molar-refractivity contribution in [3.63, 3.8) is 0 Å². The van der Waals surface area contributed by atoms with Gasteiger partial charge in [0.2, 0.25) is 0 Å². The Morgan fingerprint density at radius 3 is 2.32 bits per heavy atom. The summed E-state index contributed by atoms with van der Waals surface area (Å²) in [6.45, 7) is 17.2. The van der Waals surface area contributed by atoms with Gasteiger partial charge in [-0.15, -0.1) is 0 Å². The van der Waals surface area contributed by atoms with Crippen molar-refractivity contribution in [2.24, 2.45) is 44.8 Å². The van der Waals surface area contributed by atoms with E-state index in [1.54, 1.807) is 0 Å². The van der Waals surface area contributed by atoms with Gasteiger partial charge in [-0.05, 0) is 118 Å². The Morgan fingerprint density at radius 1 is 0.979 bits per heavy atom. The molecule has 0 bridgehead atoms. The number of carboxylic acids is 1. The van der Waals surface area contributed by atoms with Crippen LogP contribution in [0.4, 0.5) is 4.79 Å². The minimum absolute atomic E-state index is 0.0190. The van der Waals surface area contributed by atoms with Crippen LogP contribution in [0, 0.1) is 51.8 Å². The number of ether oxygens (including phenoxy) is 2. The number of amides is 1. The van der Waals surface area contributed by atoms with Gasteiger partial charge in [0.1, 0.15) is 0 Å². The molecule has 0 spiro atoms. The van der Waals surface area contributed by atoms with E-state index in [1.165, 1.54) is 12.5 Å². The SMILES string of the molecule is CCCO[C@H]1CC[C@@]2(C)C(CC[C@]3(C)[C@@H]2C(=O)C=C2[C@@H]4C[C@@](C)(C(=O)O)CC[C@]4(C)CC[C@]23C)[C@]1(C)NC(=O)Oc1oc(=O)oc1C. The van der Waals surface area contributed by atoms with E-state index in [2.05, 4.69) is 33.0 Å². The normalized spacial score (nSPS) is 44.3. The number of ketones is 1. The number of nitrogens with one attached hydrogen (secondary N) is 1. The minimum Gasteiger partial charge on any atom is -0.481 e. The summed E-state index contributed by atoms with van der Waals surface area (Å²) >= 11 is 0. The smallest absolute Gasteiger partial charge is 0.481 e. The number of hydrogen-bond donors (Lipinski definition) is 2. The highest BCUT2D eigenvalue weighted by atomic mass is 16.7. The number of hydrogen-bond acceptors (Lipinski definition) is 8. The van der Waals surface area contributed by atoms with Gasteiger partial charge in [0, 0.05) is 19.4 Å². The zero-order valence-corrected chi connectivity index (χ0v) is 29.4. The third-order valence-corrected chi connectivity index (χ3v) is 14.5. The number of carboxylic acid groups (broad SMARTS) is 1. The first-order valence-corrected chi connectivity index (χ1v) is 17.6. The Labute approximate surface area is 277 Å². The van der Waals surface area contributed by atoms with Crippen molar-refractivity contribution in [2.45, 2.75) is 131 Å². The van der Waals surface area contributed by atoms with Crippen molar-refractivity contribution >= 4 is 17.8 Å². The highest BCUT2D eigenvalue weighted by molar-refractivity contribution is 5.95. The fourth-order valence-corrected chi connectivity index (χ4v) is 11.5. The zero-order chi connectivity index (χ0) is 34.4. The Morgan fingerprint density at radius 2 is 1.68 bits per heavy atom. The predicted octanol–water partition coefficient (Wildman–Crippen LogP) is 7.22. The summed E-state index contributed by atoms with van der Waals surface area (Å²) in [5.41, 5.74) is -1.57. The monoisotopic (exact) mass is 655 g/mol. The van der Waals surface area contributed by atoms with E-state index in [0.717, 1.165) is 44.9 Å². The van der Waals surface area contributed by atoms with Crippen LogP contribution in [0.5, 0.6) is 5.95 Å². The molecule has 1 heterocycles. The third-order valence-electron chi connectivity index (χ3n) is 14.5. The average molecular weight is 656 g/mol. The maximum atomic E-state index is 14.7. The lowest BCUT2D eigenvalue weighted by Crippen LogP contribution is -2.72. The number of allylic oxidation sites excluding steroid dienone is 2. The van der Waals surface area contributed by atoms with Gasteiger partial charge in [-0.25, -0.2) is 9.59 Å². The molecular formula is C37H53NO9. The molecule has 2 N–H and O–H groups in total. The van der Waals surface area contributed by atoms with Crippen molar-refractivity contribution < 1.29 is 37.8 Å². The van der Waals surface area contributed by atoms with Crippen LogP contribution >= 0.6 is 0 Å². The molecule has 0 radical (unpaired) electrons. The van der Waals surface area contributed by atoms with E-state index in [-0.39, 0.29) is 57.6 Å². The summed E-state index contributed by atoms with van der Waals surface area (Å²) in [5.74, 6) is -2.10. The summed E-state index contributed by atoms with van der Waals surface area (Å²) in [4.78, 5) is 52.2. The van der Waals surface area contributed by atoms with E-state index in [0.29, 0.717) is 25.9 Å². The standard InChI is InChI=1S/C37H53NO9/c1-9-18-44-26-11-12-34(5)25(37(26,8)38-30(42)46-28-21(2)45-31(43)47-28)10-13-36(7)27(34)24(39)19-22-23-20-33(4,29(40)41)15-14-32(23,3)16-17-35(22,36)6/h19,23,25-27H,9-18,20H2,1-8H3,(H,38,42)(H,40,41)/t23-,25?,26-,27+,32+,33-,34-,35+,36+,37-/m0/s1. The van der Waals surface area contributed by atoms with Gasteiger partial charge in [0.25, 0.3) is 0 Å². The molecule has 4 saturated carbocycles. The van der Waals surface area contributed by atoms with Gasteiger partial charge in [-0.3, -0.25) is 9.59 Å². The second-order valence-electron chi connectivity index (χ2n) is 17.1. The Kier molecular flexibility index (Phi) is 8.01. The van der Waals surface area contributed by atoms with Crippen LogP contribution in [0.1, 0.15) is 118 Å². The number of rotatable bonds is 6. The van der Waals surface area contributed by atoms with Crippen LogP contribution in [-0.2, 0) is 14.3 Å². The van der Waals surface area contributed by atoms with Gasteiger partial charge in [-0.1, -0.05) is 40.2 Å². The maximum absolute atomic E-state index is 14.7. The number of aliphatic carboxylic acids is 1. The first-order chi connectivity index (χ1) is 21.9. The van der Waals surface area contributed by atoms with Gasteiger partial charge in [-0.2, -0.15) is 0 Å². The largest absolute Gasteiger partial charge is 0.521 e. The van der Waals surface area contributed by atoms with Gasteiger partial charge in [0.05, 0.1) is 17.1 Å². The molecular weight excluding hydrogens is 602 g/mol. The number of fused-ring (bicyclic) bond motifs is 7. The Balaban J connectivity index is 1.38. The van der Waals surface area contributed by atoms with Crippen LogP contribution in [-0.4, -0.2) is 41.2 Å². The quantitative estimate of drug-likeness (QED) is 0.324. The first kappa shape index (κ1) is 34.0. The Hall–Kier alpha value is -2.88. The van der Waals surface area contributed by atoms with E-state index >= 15 is 0 Å². The summed E-state index contributed by atoms with van der Waals surface area (Å²) in [6, 6.07) is 0. The highest BCUT2D eigenvalue weighted by Gasteiger charge is 2.71. The fraction of sp³-hybridized carbons (Fsp3) is 0.784. The number of carbonyl (C=O) groups excluding carboxylic acids is 2. The van der Waals surface area contributed by atoms with E-state index in [1.807, 2.05) is 26.8 Å². The van der Waals surface area contributed by atoms with Crippen LogP contribution < -0.4 is 15.9 Å². The zero-order valence-electron chi connectivity index (χ0n) is 29.4. The third kappa shape index (κ3) is 4.89. The van der Waals surface area contributed by atoms with Crippen molar-refractivity contribution in [3.8, 4) is 5.95 Å². The first-order valence-electron chi connectivity index (χ1n) is 17.6. The highest BCUT2D eigenvalue weighted by Crippen LogP contribution is 2.74. The molecule has 1 aromatic heterocycles. The number of aryl methyl sites for hydroxylation is 1. The van der Waals surface area contributed by atoms with Crippen LogP contribution in [0.15, 0.2) is 25.3 Å². The lowest BCUT2D eigenvalue weighted by Gasteiger charge is -2.70. The molecule has 0 aliphatic heterocycles. The molecule has 1 amide bonds. The minimum atomic E-state index is -0.946. The van der Waals surface area contributed by atoms with Crippen LogP contribution in [0.3, 0.4) is 0 Å². The second kappa shape index (κ2) is 11.1. The van der Waals surface area contributed by atoms with Crippen LogP contribution in [0.2, 0.25) is 0 Å². The van der Waals surface area contributed by atoms with Gasteiger partial charge in [0.15, 0.2) is 11.5 Å². The molecule has 4 fully saturated rings. The van der Waals surface area contributed by atoms with Gasteiger partial charge >= 0.3 is 23.8 Å². The van der Waals surface area contributed by atoms with Gasteiger partial charge < -0.3 is 28.7 Å². The van der Waals surface area contributed by atoms with E-state index in [9.17, 15) is 24.3 Å². The molecule has 10 heteroatoms. The maximum Gasteiger partial charge on any atom is 0.521 e. The molecule has 47 heavy (non-hydrogen) atoms. The Bertz CT molecular complexity index is 1560. The average Bonchev–Trinajstić information content (AvgIpc) is 3.30. The number of carbonyl (C=O) groups is 3. The molecule has 0 saturated heterocycles. The molecule has 1 aromatic rings. The van der Waals surface area contributed by atoms with E-state index in [4.69, 9.17) is 18.3 Å².